The number of hydrogen-bond donors (Lipinski definition) is 1. The molecule has 1 heterocycles. The lowest BCUT2D eigenvalue weighted by Crippen LogP contribution is -2.52. The number of carbonyl (C=O) groups is 2. The third-order valence-electron chi connectivity index (χ3n) is 3.91. The van der Waals surface area contributed by atoms with Gasteiger partial charge in [0.25, 0.3) is 5.91 Å². The minimum Gasteiger partial charge on any atom is -0.482 e. The fourth-order valence-corrected chi connectivity index (χ4v) is 2.83. The monoisotopic (exact) mass is 387 g/mol. The summed E-state index contributed by atoms with van der Waals surface area (Å²) in [5.41, 5.74) is 0. The van der Waals surface area contributed by atoms with Crippen LogP contribution in [0.25, 0.3) is 0 Å². The SMILES string of the molecule is CCCNC(=O)CN1CCN(C(=O)COc2cc(Cl)ccc2Cl)CC1. The first-order valence-electron chi connectivity index (χ1n) is 8.34. The van der Waals surface area contributed by atoms with Crippen LogP contribution in [0.4, 0.5) is 0 Å². The summed E-state index contributed by atoms with van der Waals surface area (Å²) in [6, 6.07) is 4.88. The van der Waals surface area contributed by atoms with Crippen LogP contribution < -0.4 is 10.1 Å². The van der Waals surface area contributed by atoms with Crippen molar-refractivity contribution in [3.63, 3.8) is 0 Å². The average Bonchev–Trinajstić information content (AvgIpc) is 2.61. The van der Waals surface area contributed by atoms with Crippen molar-refractivity contribution < 1.29 is 14.3 Å². The van der Waals surface area contributed by atoms with E-state index in [1.54, 1.807) is 23.1 Å². The van der Waals surface area contributed by atoms with E-state index >= 15 is 0 Å². The molecule has 8 heteroatoms. The van der Waals surface area contributed by atoms with Gasteiger partial charge in [-0.15, -0.1) is 0 Å². The first-order chi connectivity index (χ1) is 12.0. The van der Waals surface area contributed by atoms with E-state index in [1.807, 2.05) is 11.8 Å². The van der Waals surface area contributed by atoms with Gasteiger partial charge in [-0.05, 0) is 18.6 Å². The van der Waals surface area contributed by atoms with E-state index in [0.29, 0.717) is 55.1 Å². The number of halogens is 2. The lowest BCUT2D eigenvalue weighted by atomic mass is 10.3. The van der Waals surface area contributed by atoms with E-state index in [9.17, 15) is 9.59 Å². The molecule has 0 atom stereocenters. The Labute approximate surface area is 158 Å². The number of amides is 2. The Kier molecular flexibility index (Phi) is 7.81. The zero-order valence-electron chi connectivity index (χ0n) is 14.3. The van der Waals surface area contributed by atoms with E-state index in [-0.39, 0.29) is 18.4 Å². The smallest absolute Gasteiger partial charge is 0.260 e. The zero-order valence-corrected chi connectivity index (χ0v) is 15.8. The molecule has 25 heavy (non-hydrogen) atoms. The number of rotatable bonds is 7. The third-order valence-corrected chi connectivity index (χ3v) is 4.46. The third kappa shape index (κ3) is 6.38. The van der Waals surface area contributed by atoms with Gasteiger partial charge in [-0.3, -0.25) is 14.5 Å². The molecular weight excluding hydrogens is 365 g/mol. The van der Waals surface area contributed by atoms with Crippen LogP contribution in [0.2, 0.25) is 10.0 Å². The molecule has 1 fully saturated rings. The maximum absolute atomic E-state index is 12.3. The summed E-state index contributed by atoms with van der Waals surface area (Å²) in [7, 11) is 0. The molecule has 1 aromatic carbocycles. The standard InChI is InChI=1S/C17H23Cl2N3O3/c1-2-5-20-16(23)11-21-6-8-22(9-7-21)17(24)12-25-15-10-13(18)3-4-14(15)19/h3-4,10H,2,5-9,11-12H2,1H3,(H,20,23). The van der Waals surface area contributed by atoms with E-state index in [4.69, 9.17) is 27.9 Å². The highest BCUT2D eigenvalue weighted by Crippen LogP contribution is 2.27. The molecule has 1 N–H and O–H groups in total. The van der Waals surface area contributed by atoms with Crippen LogP contribution in [0, 0.1) is 0 Å². The highest BCUT2D eigenvalue weighted by Gasteiger charge is 2.22. The Hall–Kier alpha value is -1.50. The minimum atomic E-state index is -0.105. The van der Waals surface area contributed by atoms with Crippen molar-refractivity contribution in [3.8, 4) is 5.75 Å². The van der Waals surface area contributed by atoms with Crippen LogP contribution in [-0.2, 0) is 9.59 Å². The minimum absolute atomic E-state index is 0.0283. The summed E-state index contributed by atoms with van der Waals surface area (Å²) in [4.78, 5) is 27.8. The summed E-state index contributed by atoms with van der Waals surface area (Å²) >= 11 is 11.9. The molecule has 6 nitrogen and oxygen atoms in total. The first-order valence-corrected chi connectivity index (χ1v) is 9.10. The fourth-order valence-electron chi connectivity index (χ4n) is 2.50. The Morgan fingerprint density at radius 3 is 2.60 bits per heavy atom. The summed E-state index contributed by atoms with van der Waals surface area (Å²) in [5, 5.41) is 3.78. The Morgan fingerprint density at radius 1 is 1.20 bits per heavy atom. The van der Waals surface area contributed by atoms with Crippen molar-refractivity contribution in [3.05, 3.63) is 28.2 Å². The maximum Gasteiger partial charge on any atom is 0.260 e. The summed E-state index contributed by atoms with van der Waals surface area (Å²) in [6.07, 6.45) is 0.921. The molecule has 2 rings (SSSR count). The second-order valence-electron chi connectivity index (χ2n) is 5.87. The van der Waals surface area contributed by atoms with Crippen LogP contribution in [-0.4, -0.2) is 67.5 Å². The van der Waals surface area contributed by atoms with Crippen LogP contribution >= 0.6 is 23.2 Å². The molecule has 0 saturated carbocycles. The van der Waals surface area contributed by atoms with Gasteiger partial charge >= 0.3 is 0 Å². The van der Waals surface area contributed by atoms with Gasteiger partial charge in [-0.1, -0.05) is 30.1 Å². The van der Waals surface area contributed by atoms with Gasteiger partial charge in [0.15, 0.2) is 6.61 Å². The second-order valence-corrected chi connectivity index (χ2v) is 6.71. The molecule has 0 spiro atoms. The van der Waals surface area contributed by atoms with Crippen LogP contribution in [0.5, 0.6) is 5.75 Å². The molecule has 0 radical (unpaired) electrons. The fraction of sp³-hybridized carbons (Fsp3) is 0.529. The summed E-state index contributed by atoms with van der Waals surface area (Å²) in [6.45, 7) is 5.49. The van der Waals surface area contributed by atoms with Gasteiger partial charge in [0.2, 0.25) is 5.91 Å². The van der Waals surface area contributed by atoms with E-state index < -0.39 is 0 Å². The average molecular weight is 388 g/mol. The van der Waals surface area contributed by atoms with Crippen molar-refractivity contribution in [1.82, 2.24) is 15.1 Å². The first kappa shape index (κ1) is 19.8. The molecule has 0 aromatic heterocycles. The predicted octanol–water partition coefficient (Wildman–Crippen LogP) is 2.04. The van der Waals surface area contributed by atoms with E-state index in [0.717, 1.165) is 6.42 Å². The van der Waals surface area contributed by atoms with Gasteiger partial charge in [0.1, 0.15) is 5.75 Å². The van der Waals surface area contributed by atoms with Gasteiger partial charge in [0, 0.05) is 43.8 Å². The number of carbonyl (C=O) groups excluding carboxylic acids is 2. The number of benzene rings is 1. The van der Waals surface area contributed by atoms with E-state index in [2.05, 4.69) is 5.32 Å². The molecule has 2 amide bonds. The number of piperazine rings is 1. The zero-order chi connectivity index (χ0) is 18.2. The van der Waals surface area contributed by atoms with Crippen LogP contribution in [0.1, 0.15) is 13.3 Å². The molecule has 1 aliphatic heterocycles. The molecule has 1 aliphatic rings. The number of nitrogens with one attached hydrogen (secondary N) is 1. The molecule has 138 valence electrons. The van der Waals surface area contributed by atoms with Crippen molar-refractivity contribution in [2.75, 3.05) is 45.9 Å². The maximum atomic E-state index is 12.3. The Morgan fingerprint density at radius 2 is 1.92 bits per heavy atom. The quantitative estimate of drug-likeness (QED) is 0.777. The lowest BCUT2D eigenvalue weighted by Gasteiger charge is -2.34. The van der Waals surface area contributed by atoms with Crippen LogP contribution in [0.3, 0.4) is 0 Å². The lowest BCUT2D eigenvalue weighted by molar-refractivity contribution is -0.135. The summed E-state index contributed by atoms with van der Waals surface area (Å²) < 4.78 is 5.48. The molecule has 1 saturated heterocycles. The number of ether oxygens (including phenoxy) is 1. The molecule has 0 unspecified atom stereocenters. The van der Waals surface area contributed by atoms with E-state index in [1.165, 1.54) is 0 Å². The topological polar surface area (TPSA) is 61.9 Å². The number of nitrogens with zero attached hydrogens (tertiary/aromatic N) is 2. The highest BCUT2D eigenvalue weighted by molar-refractivity contribution is 6.34. The van der Waals surface area contributed by atoms with Crippen molar-refractivity contribution in [2.24, 2.45) is 0 Å². The molecule has 0 aliphatic carbocycles. The normalized spacial score (nSPS) is 15.1. The Bertz CT molecular complexity index is 605. The molecular formula is C17H23Cl2N3O3. The molecule has 1 aromatic rings. The predicted molar refractivity (Wildman–Crippen MR) is 98.3 cm³/mol. The van der Waals surface area contributed by atoms with Crippen LogP contribution in [0.15, 0.2) is 18.2 Å². The van der Waals surface area contributed by atoms with Gasteiger partial charge < -0.3 is 15.0 Å². The highest BCUT2D eigenvalue weighted by atomic mass is 35.5. The second kappa shape index (κ2) is 9.85. The van der Waals surface area contributed by atoms with Crippen molar-refractivity contribution in [2.45, 2.75) is 13.3 Å². The van der Waals surface area contributed by atoms with Gasteiger partial charge in [-0.2, -0.15) is 0 Å². The molecule has 0 bridgehead atoms. The summed E-state index contributed by atoms with van der Waals surface area (Å²) in [5.74, 6) is 0.320. The van der Waals surface area contributed by atoms with Gasteiger partial charge in [-0.25, -0.2) is 0 Å². The Balaban J connectivity index is 1.74. The number of hydrogen-bond acceptors (Lipinski definition) is 4. The van der Waals surface area contributed by atoms with Gasteiger partial charge in [0.05, 0.1) is 11.6 Å². The van der Waals surface area contributed by atoms with Crippen molar-refractivity contribution >= 4 is 35.0 Å². The largest absolute Gasteiger partial charge is 0.482 e. The van der Waals surface area contributed by atoms with Crippen molar-refractivity contribution in [1.29, 1.82) is 0 Å².